The molecule has 23 heavy (non-hydrogen) atoms. The van der Waals surface area contributed by atoms with Crippen molar-refractivity contribution in [3.63, 3.8) is 0 Å². The van der Waals surface area contributed by atoms with E-state index in [1.807, 2.05) is 0 Å². The van der Waals surface area contributed by atoms with Gasteiger partial charge in [0.05, 0.1) is 6.26 Å². The number of hydrogen-bond donors (Lipinski definition) is 1. The number of furan rings is 1. The SMILES string of the molecule is Cc1nc2cc(NC(=O)c3cc(-c4ccco4)on3)ccc2o1. The first-order valence-electron chi connectivity index (χ1n) is 6.88. The highest BCUT2D eigenvalue weighted by atomic mass is 16.5. The van der Waals surface area contributed by atoms with Crippen molar-refractivity contribution in [3.8, 4) is 11.5 Å². The number of anilines is 1. The van der Waals surface area contributed by atoms with Gasteiger partial charge in [-0.1, -0.05) is 5.16 Å². The number of nitrogens with one attached hydrogen (secondary N) is 1. The van der Waals surface area contributed by atoms with Crippen molar-refractivity contribution in [2.75, 3.05) is 5.32 Å². The number of nitrogens with zero attached hydrogens (tertiary/aromatic N) is 2. The predicted octanol–water partition coefficient (Wildman–Crippen LogP) is 3.64. The van der Waals surface area contributed by atoms with E-state index in [-0.39, 0.29) is 11.6 Å². The molecule has 4 aromatic rings. The third-order valence-corrected chi connectivity index (χ3v) is 3.26. The van der Waals surface area contributed by atoms with Crippen LogP contribution in [0.4, 0.5) is 5.69 Å². The van der Waals surface area contributed by atoms with E-state index >= 15 is 0 Å². The van der Waals surface area contributed by atoms with Crippen LogP contribution in [0, 0.1) is 6.92 Å². The molecule has 0 saturated heterocycles. The number of carbonyl (C=O) groups excluding carboxylic acids is 1. The van der Waals surface area contributed by atoms with Gasteiger partial charge in [0.25, 0.3) is 5.91 Å². The van der Waals surface area contributed by atoms with E-state index in [1.54, 1.807) is 37.3 Å². The largest absolute Gasteiger partial charge is 0.461 e. The summed E-state index contributed by atoms with van der Waals surface area (Å²) in [7, 11) is 0. The molecule has 7 heteroatoms. The first-order valence-corrected chi connectivity index (χ1v) is 6.88. The van der Waals surface area contributed by atoms with Crippen molar-refractivity contribution >= 4 is 22.7 Å². The molecule has 0 aliphatic rings. The fourth-order valence-electron chi connectivity index (χ4n) is 2.23. The summed E-state index contributed by atoms with van der Waals surface area (Å²) in [5.41, 5.74) is 2.10. The fraction of sp³-hybridized carbons (Fsp3) is 0.0625. The summed E-state index contributed by atoms with van der Waals surface area (Å²) in [6.45, 7) is 1.77. The Labute approximate surface area is 129 Å². The highest BCUT2D eigenvalue weighted by Gasteiger charge is 2.15. The van der Waals surface area contributed by atoms with Crippen LogP contribution in [0.1, 0.15) is 16.4 Å². The molecule has 114 valence electrons. The van der Waals surface area contributed by atoms with Crippen molar-refractivity contribution in [1.29, 1.82) is 0 Å². The molecule has 3 aromatic heterocycles. The second-order valence-electron chi connectivity index (χ2n) is 4.92. The van der Waals surface area contributed by atoms with Crippen molar-refractivity contribution < 1.29 is 18.2 Å². The Hall–Kier alpha value is -3.35. The third-order valence-electron chi connectivity index (χ3n) is 3.26. The minimum absolute atomic E-state index is 0.160. The molecule has 1 amide bonds. The molecule has 0 aliphatic carbocycles. The highest BCUT2D eigenvalue weighted by Crippen LogP contribution is 2.22. The van der Waals surface area contributed by atoms with Gasteiger partial charge in [0.2, 0.25) is 5.76 Å². The quantitative estimate of drug-likeness (QED) is 0.621. The van der Waals surface area contributed by atoms with Crippen LogP contribution >= 0.6 is 0 Å². The Morgan fingerprint density at radius 2 is 2.09 bits per heavy atom. The van der Waals surface area contributed by atoms with Gasteiger partial charge in [0, 0.05) is 18.7 Å². The van der Waals surface area contributed by atoms with Crippen molar-refractivity contribution in [1.82, 2.24) is 10.1 Å². The van der Waals surface area contributed by atoms with Crippen LogP contribution < -0.4 is 5.32 Å². The highest BCUT2D eigenvalue weighted by molar-refractivity contribution is 6.03. The van der Waals surface area contributed by atoms with Gasteiger partial charge >= 0.3 is 0 Å². The van der Waals surface area contributed by atoms with Crippen molar-refractivity contribution in [3.05, 3.63) is 54.2 Å². The Morgan fingerprint density at radius 1 is 1.17 bits per heavy atom. The number of hydrogen-bond acceptors (Lipinski definition) is 6. The normalized spacial score (nSPS) is 11.0. The van der Waals surface area contributed by atoms with Crippen LogP contribution in [-0.2, 0) is 0 Å². The molecular formula is C16H11N3O4. The number of fused-ring (bicyclic) bond motifs is 1. The summed E-state index contributed by atoms with van der Waals surface area (Å²) in [6, 6.07) is 10.2. The van der Waals surface area contributed by atoms with Crippen LogP contribution in [0.2, 0.25) is 0 Å². The molecule has 0 spiro atoms. The smallest absolute Gasteiger partial charge is 0.277 e. The molecule has 3 heterocycles. The van der Waals surface area contributed by atoms with Crippen LogP contribution in [0.15, 0.2) is 56.0 Å². The topological polar surface area (TPSA) is 94.3 Å². The second-order valence-corrected chi connectivity index (χ2v) is 4.92. The lowest BCUT2D eigenvalue weighted by Crippen LogP contribution is -2.11. The maximum atomic E-state index is 12.2. The van der Waals surface area contributed by atoms with Gasteiger partial charge in [-0.25, -0.2) is 4.98 Å². The van der Waals surface area contributed by atoms with Crippen LogP contribution in [0.3, 0.4) is 0 Å². The number of oxazole rings is 1. The van der Waals surface area contributed by atoms with Gasteiger partial charge in [0.15, 0.2) is 22.9 Å². The number of carbonyl (C=O) groups is 1. The van der Waals surface area contributed by atoms with Crippen LogP contribution in [0.5, 0.6) is 0 Å². The third kappa shape index (κ3) is 2.48. The summed E-state index contributed by atoms with van der Waals surface area (Å²) in [5.74, 6) is 1.09. The van der Waals surface area contributed by atoms with E-state index < -0.39 is 0 Å². The molecule has 0 radical (unpaired) electrons. The number of rotatable bonds is 3. The van der Waals surface area contributed by atoms with E-state index in [9.17, 15) is 4.79 Å². The number of amides is 1. The summed E-state index contributed by atoms with van der Waals surface area (Å²) in [6.07, 6.45) is 1.52. The first-order chi connectivity index (χ1) is 11.2. The summed E-state index contributed by atoms with van der Waals surface area (Å²) in [4.78, 5) is 16.5. The van der Waals surface area contributed by atoms with E-state index in [1.165, 1.54) is 12.3 Å². The van der Waals surface area contributed by atoms with E-state index in [0.29, 0.717) is 34.2 Å². The zero-order valence-electron chi connectivity index (χ0n) is 12.1. The summed E-state index contributed by atoms with van der Waals surface area (Å²) < 4.78 is 15.7. The Kier molecular flexibility index (Phi) is 2.97. The van der Waals surface area contributed by atoms with E-state index in [2.05, 4.69) is 15.5 Å². The molecule has 4 rings (SSSR count). The Morgan fingerprint density at radius 3 is 2.91 bits per heavy atom. The molecule has 0 saturated carbocycles. The lowest BCUT2D eigenvalue weighted by molar-refractivity contribution is 0.101. The van der Waals surface area contributed by atoms with Crippen LogP contribution in [-0.4, -0.2) is 16.0 Å². The van der Waals surface area contributed by atoms with Gasteiger partial charge in [-0.15, -0.1) is 0 Å². The zero-order chi connectivity index (χ0) is 15.8. The van der Waals surface area contributed by atoms with Gasteiger partial charge in [-0.3, -0.25) is 4.79 Å². The molecular weight excluding hydrogens is 298 g/mol. The first kappa shape index (κ1) is 13.3. The van der Waals surface area contributed by atoms with Gasteiger partial charge in [0.1, 0.15) is 5.52 Å². The summed E-state index contributed by atoms with van der Waals surface area (Å²) >= 11 is 0. The minimum atomic E-state index is -0.383. The number of benzene rings is 1. The molecule has 0 bridgehead atoms. The molecule has 0 aliphatic heterocycles. The van der Waals surface area contributed by atoms with Crippen molar-refractivity contribution in [2.24, 2.45) is 0 Å². The Bertz CT molecular complexity index is 982. The van der Waals surface area contributed by atoms with E-state index in [0.717, 1.165) is 0 Å². The molecule has 1 aromatic carbocycles. The van der Waals surface area contributed by atoms with Crippen LogP contribution in [0.25, 0.3) is 22.6 Å². The molecule has 0 atom stereocenters. The van der Waals surface area contributed by atoms with Crippen molar-refractivity contribution in [2.45, 2.75) is 6.92 Å². The average molecular weight is 309 g/mol. The maximum Gasteiger partial charge on any atom is 0.277 e. The lowest BCUT2D eigenvalue weighted by atomic mass is 10.2. The fourth-order valence-corrected chi connectivity index (χ4v) is 2.23. The monoisotopic (exact) mass is 309 g/mol. The maximum absolute atomic E-state index is 12.2. The minimum Gasteiger partial charge on any atom is -0.461 e. The zero-order valence-corrected chi connectivity index (χ0v) is 12.1. The molecule has 7 nitrogen and oxygen atoms in total. The number of aryl methyl sites for hydroxylation is 1. The second kappa shape index (κ2) is 5.13. The van der Waals surface area contributed by atoms with E-state index in [4.69, 9.17) is 13.4 Å². The Balaban J connectivity index is 1.56. The van der Waals surface area contributed by atoms with Gasteiger partial charge in [-0.2, -0.15) is 0 Å². The van der Waals surface area contributed by atoms with Gasteiger partial charge in [-0.05, 0) is 30.3 Å². The molecule has 0 fully saturated rings. The van der Waals surface area contributed by atoms with Gasteiger partial charge < -0.3 is 18.7 Å². The lowest BCUT2D eigenvalue weighted by Gasteiger charge is -2.01. The molecule has 0 unspecified atom stereocenters. The molecule has 1 N–H and O–H groups in total. The predicted molar refractivity (Wildman–Crippen MR) is 80.9 cm³/mol. The summed E-state index contributed by atoms with van der Waals surface area (Å²) in [5, 5.41) is 6.50. The number of aromatic nitrogens is 2. The average Bonchev–Trinajstić information content (AvgIpc) is 3.26. The standard InChI is InChI=1S/C16H11N3O4/c1-9-17-11-7-10(4-5-13(11)22-9)18-16(20)12-8-15(23-19-12)14-3-2-6-21-14/h2-8H,1H3,(H,18,20).